The maximum Gasteiger partial charge on any atom is 0.306 e. The van der Waals surface area contributed by atoms with Crippen molar-refractivity contribution >= 4 is 19.8 Å². The molecular formula is C19H35O8P-2. The van der Waals surface area contributed by atoms with E-state index in [2.05, 4.69) is 18.4 Å². The van der Waals surface area contributed by atoms with Crippen molar-refractivity contribution in [2.75, 3.05) is 13.2 Å². The van der Waals surface area contributed by atoms with Crippen LogP contribution in [0.5, 0.6) is 0 Å². The Morgan fingerprint density at radius 1 is 0.786 bits per heavy atom. The van der Waals surface area contributed by atoms with Gasteiger partial charge in [0.15, 0.2) is 6.10 Å². The van der Waals surface area contributed by atoms with E-state index in [4.69, 9.17) is 9.47 Å². The number of carbonyl (C=O) groups is 2. The molecule has 0 unspecified atom stereocenters. The molecule has 0 spiro atoms. The van der Waals surface area contributed by atoms with Gasteiger partial charge in [0.2, 0.25) is 0 Å². The van der Waals surface area contributed by atoms with Crippen LogP contribution in [0, 0.1) is 0 Å². The van der Waals surface area contributed by atoms with Gasteiger partial charge in [0.25, 0.3) is 0 Å². The van der Waals surface area contributed by atoms with Crippen molar-refractivity contribution in [2.45, 2.75) is 97.0 Å². The molecule has 0 heterocycles. The quantitative estimate of drug-likeness (QED) is 0.187. The van der Waals surface area contributed by atoms with Crippen LogP contribution in [0.25, 0.3) is 0 Å². The maximum absolute atomic E-state index is 11.9. The minimum Gasteiger partial charge on any atom is -0.790 e. The van der Waals surface area contributed by atoms with Gasteiger partial charge in [0.05, 0.1) is 14.4 Å². The Morgan fingerprint density at radius 2 is 1.29 bits per heavy atom. The fourth-order valence-corrected chi connectivity index (χ4v) is 2.89. The normalized spacial score (nSPS) is 12.6. The molecule has 0 aliphatic carbocycles. The molecule has 0 N–H and O–H groups in total. The molecular weight excluding hydrogens is 387 g/mol. The van der Waals surface area contributed by atoms with E-state index in [1.54, 1.807) is 0 Å². The van der Waals surface area contributed by atoms with Crippen LogP contribution in [-0.2, 0) is 28.2 Å². The lowest BCUT2D eigenvalue weighted by molar-refractivity contribution is -0.342. The summed E-state index contributed by atoms with van der Waals surface area (Å²) in [5.41, 5.74) is 0. The fourth-order valence-electron chi connectivity index (χ4n) is 2.54. The lowest BCUT2D eigenvalue weighted by Gasteiger charge is -2.30. The van der Waals surface area contributed by atoms with Gasteiger partial charge in [0.1, 0.15) is 6.61 Å². The van der Waals surface area contributed by atoms with Gasteiger partial charge >= 0.3 is 11.9 Å². The molecule has 0 radical (unpaired) electrons. The molecule has 0 fully saturated rings. The van der Waals surface area contributed by atoms with E-state index in [1.807, 2.05) is 0 Å². The van der Waals surface area contributed by atoms with Crippen molar-refractivity contribution in [1.82, 2.24) is 0 Å². The van der Waals surface area contributed by atoms with Crippen molar-refractivity contribution in [2.24, 2.45) is 0 Å². The molecule has 0 amide bonds. The molecule has 0 aliphatic heterocycles. The first-order valence-corrected chi connectivity index (χ1v) is 11.8. The second kappa shape index (κ2) is 17.0. The molecule has 0 saturated heterocycles. The molecule has 1 atom stereocenters. The average molecular weight is 422 g/mol. The highest BCUT2D eigenvalue weighted by Crippen LogP contribution is 2.25. The van der Waals surface area contributed by atoms with Crippen LogP contribution in [0.2, 0.25) is 0 Å². The van der Waals surface area contributed by atoms with Gasteiger partial charge in [-0.1, -0.05) is 65.2 Å². The smallest absolute Gasteiger partial charge is 0.306 e. The Hall–Kier alpha value is -0.950. The number of rotatable bonds is 18. The predicted molar refractivity (Wildman–Crippen MR) is 101 cm³/mol. The molecule has 0 aromatic heterocycles. The Kier molecular flexibility index (Phi) is 16.4. The summed E-state index contributed by atoms with van der Waals surface area (Å²) in [5, 5.41) is 0. The van der Waals surface area contributed by atoms with Crippen LogP contribution in [0.1, 0.15) is 90.9 Å². The lowest BCUT2D eigenvalue weighted by Crippen LogP contribution is -2.31. The van der Waals surface area contributed by atoms with E-state index >= 15 is 0 Å². The second-order valence-corrected chi connectivity index (χ2v) is 8.02. The van der Waals surface area contributed by atoms with E-state index in [9.17, 15) is 23.9 Å². The Balaban J connectivity index is 4.26. The maximum atomic E-state index is 11.9. The summed E-state index contributed by atoms with van der Waals surface area (Å²) in [6.45, 7) is 3.20. The van der Waals surface area contributed by atoms with E-state index < -0.39 is 32.5 Å². The zero-order valence-electron chi connectivity index (χ0n) is 17.2. The zero-order chi connectivity index (χ0) is 21.3. The standard InChI is InChI=1S/C19H37O8P/c1-3-5-7-9-11-13-18(20)25-15-17(16-26-28(22,23)24)27-19(21)14-12-10-8-6-4-2/h17H,3-16H2,1-2H3,(H2,22,23,24)/p-2/t17-/m1/s1. The van der Waals surface area contributed by atoms with Gasteiger partial charge < -0.3 is 28.3 Å². The third kappa shape index (κ3) is 18.4. The minimum atomic E-state index is -5.20. The van der Waals surface area contributed by atoms with Crippen LogP contribution in [0.4, 0.5) is 0 Å². The molecule has 0 aliphatic rings. The predicted octanol–water partition coefficient (Wildman–Crippen LogP) is 3.01. The van der Waals surface area contributed by atoms with Gasteiger partial charge in [-0.05, 0) is 12.8 Å². The third-order valence-corrected chi connectivity index (χ3v) is 4.58. The zero-order valence-corrected chi connectivity index (χ0v) is 18.1. The van der Waals surface area contributed by atoms with Crippen molar-refractivity contribution in [3.8, 4) is 0 Å². The molecule has 0 saturated carbocycles. The van der Waals surface area contributed by atoms with Crippen molar-refractivity contribution < 1.29 is 37.9 Å². The highest BCUT2D eigenvalue weighted by Gasteiger charge is 2.18. The number of carbonyl (C=O) groups excluding carboxylic acids is 2. The Morgan fingerprint density at radius 3 is 1.79 bits per heavy atom. The van der Waals surface area contributed by atoms with Gasteiger partial charge in [-0.2, -0.15) is 0 Å². The lowest BCUT2D eigenvalue weighted by atomic mass is 10.1. The van der Waals surface area contributed by atoms with Crippen molar-refractivity contribution in [3.63, 3.8) is 0 Å². The van der Waals surface area contributed by atoms with E-state index in [-0.39, 0.29) is 19.4 Å². The second-order valence-electron chi connectivity index (χ2n) is 6.87. The van der Waals surface area contributed by atoms with Gasteiger partial charge in [-0.25, -0.2) is 0 Å². The summed E-state index contributed by atoms with van der Waals surface area (Å²) in [4.78, 5) is 45.0. The van der Waals surface area contributed by atoms with Crippen molar-refractivity contribution in [1.29, 1.82) is 0 Å². The van der Waals surface area contributed by atoms with Crippen LogP contribution in [0.3, 0.4) is 0 Å². The van der Waals surface area contributed by atoms with Crippen LogP contribution < -0.4 is 9.79 Å². The summed E-state index contributed by atoms with van der Waals surface area (Å²) in [6, 6.07) is 0. The first kappa shape index (κ1) is 27.0. The average Bonchev–Trinajstić information content (AvgIpc) is 2.63. The SMILES string of the molecule is CCCCCCCC(=O)OC[C@H](COP(=O)([O-])[O-])OC(=O)CCCCCCC. The van der Waals surface area contributed by atoms with E-state index in [1.165, 1.54) is 0 Å². The monoisotopic (exact) mass is 422 g/mol. The molecule has 166 valence electrons. The highest BCUT2D eigenvalue weighted by molar-refractivity contribution is 7.43. The van der Waals surface area contributed by atoms with E-state index in [0.29, 0.717) is 12.8 Å². The number of hydrogen-bond donors (Lipinski definition) is 0. The molecule has 0 aromatic carbocycles. The van der Waals surface area contributed by atoms with Gasteiger partial charge in [0, 0.05) is 12.8 Å². The first-order valence-electron chi connectivity index (χ1n) is 10.3. The summed E-state index contributed by atoms with van der Waals surface area (Å²) in [7, 11) is -5.20. The number of phosphoric acid groups is 1. The van der Waals surface area contributed by atoms with Crippen LogP contribution in [-0.4, -0.2) is 31.3 Å². The number of phosphoric ester groups is 1. The molecule has 0 rings (SSSR count). The largest absolute Gasteiger partial charge is 0.790 e. The summed E-state index contributed by atoms with van der Waals surface area (Å²) >= 11 is 0. The van der Waals surface area contributed by atoms with E-state index in [0.717, 1.165) is 51.4 Å². The van der Waals surface area contributed by atoms with Crippen LogP contribution in [0.15, 0.2) is 0 Å². The number of hydrogen-bond acceptors (Lipinski definition) is 8. The number of esters is 2. The molecule has 8 nitrogen and oxygen atoms in total. The first-order chi connectivity index (χ1) is 13.3. The van der Waals surface area contributed by atoms with Crippen molar-refractivity contribution in [3.05, 3.63) is 0 Å². The molecule has 9 heteroatoms. The minimum absolute atomic E-state index is 0.179. The topological polar surface area (TPSA) is 125 Å². The number of ether oxygens (including phenoxy) is 2. The third-order valence-electron chi connectivity index (χ3n) is 4.12. The fraction of sp³-hybridized carbons (Fsp3) is 0.895. The highest BCUT2D eigenvalue weighted by atomic mass is 31.2. The number of unbranched alkanes of at least 4 members (excludes halogenated alkanes) is 8. The molecule has 0 aromatic rings. The van der Waals surface area contributed by atoms with Gasteiger partial charge in [-0.3, -0.25) is 9.59 Å². The van der Waals surface area contributed by atoms with Gasteiger partial charge in [-0.15, -0.1) is 0 Å². The summed E-state index contributed by atoms with van der Waals surface area (Å²) in [5.74, 6) is -0.989. The summed E-state index contributed by atoms with van der Waals surface area (Å²) in [6.07, 6.45) is 8.99. The Bertz CT molecular complexity index is 463. The summed E-state index contributed by atoms with van der Waals surface area (Å²) < 4.78 is 25.0. The molecule has 28 heavy (non-hydrogen) atoms. The Labute approximate surface area is 168 Å². The molecule has 0 bridgehead atoms. The van der Waals surface area contributed by atoms with Crippen LogP contribution >= 0.6 is 7.82 Å².